The van der Waals surface area contributed by atoms with Gasteiger partial charge in [0, 0.05) is 17.8 Å². The zero-order valence-corrected chi connectivity index (χ0v) is 11.1. The molecule has 0 atom stereocenters. The number of hydrogen-bond donors (Lipinski definition) is 1. The molecule has 1 amide bonds. The molecule has 1 rings (SSSR count). The van der Waals surface area contributed by atoms with Gasteiger partial charge in [0.15, 0.2) is 0 Å². The Balaban J connectivity index is 2.00. The first kappa shape index (κ1) is 13.5. The largest absolute Gasteiger partial charge is 0.466 e. The summed E-state index contributed by atoms with van der Waals surface area (Å²) in [4.78, 5) is 23.0. The zero-order chi connectivity index (χ0) is 12.0. The highest BCUT2D eigenvalue weighted by molar-refractivity contribution is 9.09. The maximum atomic E-state index is 11.3. The van der Waals surface area contributed by atoms with Crippen LogP contribution in [0.2, 0.25) is 0 Å². The van der Waals surface area contributed by atoms with E-state index in [-0.39, 0.29) is 24.7 Å². The minimum Gasteiger partial charge on any atom is -0.466 e. The van der Waals surface area contributed by atoms with Gasteiger partial charge in [-0.1, -0.05) is 15.9 Å². The minimum absolute atomic E-state index is 0.0638. The topological polar surface area (TPSA) is 55.4 Å². The first-order valence-corrected chi connectivity index (χ1v) is 6.59. The van der Waals surface area contributed by atoms with Crippen LogP contribution in [0, 0.1) is 5.92 Å². The molecule has 0 spiro atoms. The molecule has 0 unspecified atom stereocenters. The highest BCUT2D eigenvalue weighted by atomic mass is 79.9. The van der Waals surface area contributed by atoms with Gasteiger partial charge in [0.05, 0.1) is 13.0 Å². The number of amides is 1. The molecule has 1 saturated carbocycles. The SMILES string of the molecule is CCOC(=O)CCC(=O)NCC1CC(Br)C1. The first-order chi connectivity index (χ1) is 7.61. The molecular formula is C11H18BrNO3. The summed E-state index contributed by atoms with van der Waals surface area (Å²) in [7, 11) is 0. The van der Waals surface area contributed by atoms with Crippen molar-refractivity contribution >= 4 is 27.8 Å². The summed E-state index contributed by atoms with van der Waals surface area (Å²) in [5.74, 6) is 0.226. The standard InChI is InChI=1S/C11H18BrNO3/c1-2-16-11(15)4-3-10(14)13-7-8-5-9(12)6-8/h8-9H,2-7H2,1H3,(H,13,14). The number of nitrogens with one attached hydrogen (secondary N) is 1. The van der Waals surface area contributed by atoms with Crippen molar-refractivity contribution in [2.45, 2.75) is 37.4 Å². The molecular weight excluding hydrogens is 274 g/mol. The molecule has 0 saturated heterocycles. The average Bonchev–Trinajstić information content (AvgIpc) is 2.20. The average molecular weight is 292 g/mol. The lowest BCUT2D eigenvalue weighted by Crippen LogP contribution is -2.36. The Bertz CT molecular complexity index is 252. The number of esters is 1. The number of ether oxygens (including phenoxy) is 1. The summed E-state index contributed by atoms with van der Waals surface area (Å²) in [6.07, 6.45) is 2.64. The van der Waals surface area contributed by atoms with Gasteiger partial charge in [0.1, 0.15) is 0 Å². The van der Waals surface area contributed by atoms with Crippen molar-refractivity contribution < 1.29 is 14.3 Å². The number of alkyl halides is 1. The quantitative estimate of drug-likeness (QED) is 0.598. The minimum atomic E-state index is -0.304. The van der Waals surface area contributed by atoms with E-state index in [1.54, 1.807) is 6.92 Å². The monoisotopic (exact) mass is 291 g/mol. The molecule has 0 aromatic carbocycles. The Morgan fingerprint density at radius 3 is 2.62 bits per heavy atom. The van der Waals surface area contributed by atoms with Gasteiger partial charge < -0.3 is 10.1 Å². The molecule has 4 nitrogen and oxygen atoms in total. The van der Waals surface area contributed by atoms with Crippen LogP contribution in [0.4, 0.5) is 0 Å². The summed E-state index contributed by atoms with van der Waals surface area (Å²) in [6.45, 7) is 2.85. The fraction of sp³-hybridized carbons (Fsp3) is 0.818. The maximum Gasteiger partial charge on any atom is 0.306 e. The fourth-order valence-corrected chi connectivity index (χ4v) is 2.67. The van der Waals surface area contributed by atoms with Crippen LogP contribution in [0.5, 0.6) is 0 Å². The van der Waals surface area contributed by atoms with Gasteiger partial charge in [-0.3, -0.25) is 9.59 Å². The van der Waals surface area contributed by atoms with Gasteiger partial charge in [-0.05, 0) is 25.7 Å². The zero-order valence-electron chi connectivity index (χ0n) is 9.50. The van der Waals surface area contributed by atoms with Crippen molar-refractivity contribution in [1.82, 2.24) is 5.32 Å². The molecule has 92 valence electrons. The predicted molar refractivity (Wildman–Crippen MR) is 64.3 cm³/mol. The van der Waals surface area contributed by atoms with E-state index < -0.39 is 0 Å². The lowest BCUT2D eigenvalue weighted by atomic mass is 9.85. The molecule has 1 N–H and O–H groups in total. The molecule has 1 fully saturated rings. The highest BCUT2D eigenvalue weighted by Crippen LogP contribution is 2.32. The molecule has 1 aliphatic rings. The van der Waals surface area contributed by atoms with Gasteiger partial charge in [0.2, 0.25) is 5.91 Å². The van der Waals surface area contributed by atoms with Crippen molar-refractivity contribution in [2.24, 2.45) is 5.92 Å². The van der Waals surface area contributed by atoms with Crippen LogP contribution in [0.3, 0.4) is 0 Å². The van der Waals surface area contributed by atoms with E-state index >= 15 is 0 Å². The van der Waals surface area contributed by atoms with E-state index in [2.05, 4.69) is 21.2 Å². The van der Waals surface area contributed by atoms with E-state index in [0.29, 0.717) is 17.4 Å². The van der Waals surface area contributed by atoms with Crippen LogP contribution in [0.1, 0.15) is 32.6 Å². The van der Waals surface area contributed by atoms with E-state index in [4.69, 9.17) is 4.74 Å². The number of halogens is 1. The molecule has 1 aliphatic carbocycles. The van der Waals surface area contributed by atoms with Crippen molar-refractivity contribution in [1.29, 1.82) is 0 Å². The lowest BCUT2D eigenvalue weighted by Gasteiger charge is -2.31. The molecule has 0 aromatic heterocycles. The third-order valence-corrected chi connectivity index (χ3v) is 3.38. The Morgan fingerprint density at radius 2 is 2.06 bits per heavy atom. The molecule has 16 heavy (non-hydrogen) atoms. The van der Waals surface area contributed by atoms with E-state index in [1.807, 2.05) is 0 Å². The number of rotatable bonds is 6. The van der Waals surface area contributed by atoms with Crippen LogP contribution >= 0.6 is 15.9 Å². The van der Waals surface area contributed by atoms with Crippen molar-refractivity contribution in [3.05, 3.63) is 0 Å². The van der Waals surface area contributed by atoms with E-state index in [9.17, 15) is 9.59 Å². The van der Waals surface area contributed by atoms with Crippen molar-refractivity contribution in [2.75, 3.05) is 13.2 Å². The van der Waals surface area contributed by atoms with Crippen molar-refractivity contribution in [3.8, 4) is 0 Å². The van der Waals surface area contributed by atoms with Gasteiger partial charge in [-0.2, -0.15) is 0 Å². The Hall–Kier alpha value is -0.580. The van der Waals surface area contributed by atoms with Crippen LogP contribution in [0.25, 0.3) is 0 Å². The Labute approximate surface area is 104 Å². The van der Waals surface area contributed by atoms with Gasteiger partial charge >= 0.3 is 5.97 Å². The first-order valence-electron chi connectivity index (χ1n) is 5.68. The summed E-state index contributed by atoms with van der Waals surface area (Å²) < 4.78 is 4.74. The van der Waals surface area contributed by atoms with E-state index in [0.717, 1.165) is 19.4 Å². The Morgan fingerprint density at radius 1 is 1.38 bits per heavy atom. The van der Waals surface area contributed by atoms with Crippen LogP contribution in [-0.2, 0) is 14.3 Å². The maximum absolute atomic E-state index is 11.3. The second-order valence-electron chi connectivity index (χ2n) is 4.04. The third-order valence-electron chi connectivity index (χ3n) is 2.63. The van der Waals surface area contributed by atoms with E-state index in [1.165, 1.54) is 0 Å². The summed E-state index contributed by atoms with van der Waals surface area (Å²) in [5.41, 5.74) is 0. The van der Waals surface area contributed by atoms with Crippen LogP contribution < -0.4 is 5.32 Å². The van der Waals surface area contributed by atoms with Crippen LogP contribution in [-0.4, -0.2) is 29.9 Å². The van der Waals surface area contributed by atoms with Gasteiger partial charge in [0.25, 0.3) is 0 Å². The summed E-state index contributed by atoms with van der Waals surface area (Å²) in [6, 6.07) is 0. The molecule has 0 aromatic rings. The second kappa shape index (κ2) is 6.89. The molecule has 5 heteroatoms. The normalized spacial score (nSPS) is 23.4. The number of carbonyl (C=O) groups is 2. The molecule has 0 bridgehead atoms. The smallest absolute Gasteiger partial charge is 0.306 e. The van der Waals surface area contributed by atoms with Gasteiger partial charge in [-0.15, -0.1) is 0 Å². The summed E-state index contributed by atoms with van der Waals surface area (Å²) >= 11 is 3.50. The predicted octanol–water partition coefficient (Wildman–Crippen LogP) is 1.62. The third kappa shape index (κ3) is 4.96. The lowest BCUT2D eigenvalue weighted by molar-refractivity contribution is -0.144. The Kier molecular flexibility index (Phi) is 5.80. The van der Waals surface area contributed by atoms with Gasteiger partial charge in [-0.25, -0.2) is 0 Å². The second-order valence-corrected chi connectivity index (χ2v) is 5.34. The fourth-order valence-electron chi connectivity index (χ4n) is 1.62. The molecule has 0 heterocycles. The number of carbonyl (C=O) groups excluding carboxylic acids is 2. The molecule has 0 aliphatic heterocycles. The highest BCUT2D eigenvalue weighted by Gasteiger charge is 2.26. The number of hydrogen-bond acceptors (Lipinski definition) is 3. The molecule has 0 radical (unpaired) electrons. The van der Waals surface area contributed by atoms with Crippen molar-refractivity contribution in [3.63, 3.8) is 0 Å². The van der Waals surface area contributed by atoms with Crippen LogP contribution in [0.15, 0.2) is 0 Å². The summed E-state index contributed by atoms with van der Waals surface area (Å²) in [5, 5.41) is 2.84.